The smallest absolute Gasteiger partial charge is 0.251 e. The first-order valence-electron chi connectivity index (χ1n) is 5.75. The summed E-state index contributed by atoms with van der Waals surface area (Å²) >= 11 is 0. The van der Waals surface area contributed by atoms with Crippen LogP contribution < -0.4 is 10.1 Å². The largest absolute Gasteiger partial charge is 0.487 e. The van der Waals surface area contributed by atoms with Gasteiger partial charge in [0.05, 0.1) is 5.69 Å². The van der Waals surface area contributed by atoms with Gasteiger partial charge < -0.3 is 10.1 Å². The van der Waals surface area contributed by atoms with Crippen molar-refractivity contribution in [1.29, 1.82) is 0 Å². The van der Waals surface area contributed by atoms with Crippen molar-refractivity contribution in [3.63, 3.8) is 0 Å². The minimum absolute atomic E-state index is 0.0127. The fourth-order valence-corrected chi connectivity index (χ4v) is 2.00. The molecule has 3 rings (SSSR count). The van der Waals surface area contributed by atoms with Crippen LogP contribution in [0.5, 0.6) is 5.75 Å². The zero-order valence-corrected chi connectivity index (χ0v) is 10.0. The van der Waals surface area contributed by atoms with Crippen LogP contribution in [0.15, 0.2) is 30.5 Å². The van der Waals surface area contributed by atoms with Gasteiger partial charge in [-0.05, 0) is 29.8 Å². The second-order valence-electron chi connectivity index (χ2n) is 4.27. The zero-order chi connectivity index (χ0) is 12.5. The minimum atomic E-state index is -0.0127. The van der Waals surface area contributed by atoms with Crippen LogP contribution in [0.2, 0.25) is 0 Å². The molecule has 0 atom stereocenters. The predicted octanol–water partition coefficient (Wildman–Crippen LogP) is 1.24. The highest BCUT2D eigenvalue weighted by Crippen LogP contribution is 2.22. The number of aromatic nitrogens is 2. The molecule has 0 aliphatic carbocycles. The average Bonchev–Trinajstić information content (AvgIpc) is 2.94. The first kappa shape index (κ1) is 10.8. The van der Waals surface area contributed by atoms with Crippen molar-refractivity contribution in [1.82, 2.24) is 15.1 Å². The molecule has 2 heterocycles. The normalized spacial score (nSPS) is 13.3. The Kier molecular flexibility index (Phi) is 2.51. The summed E-state index contributed by atoms with van der Waals surface area (Å²) in [6, 6.07) is 7.42. The molecule has 1 N–H and O–H groups in total. The molecule has 1 aliphatic rings. The van der Waals surface area contributed by atoms with E-state index in [1.165, 1.54) is 0 Å². The Morgan fingerprint density at radius 1 is 1.44 bits per heavy atom. The van der Waals surface area contributed by atoms with Crippen molar-refractivity contribution in [2.24, 2.45) is 7.05 Å². The maximum Gasteiger partial charge on any atom is 0.251 e. The number of aryl methyl sites for hydroxylation is 1. The van der Waals surface area contributed by atoms with E-state index in [1.54, 1.807) is 10.7 Å². The van der Waals surface area contributed by atoms with E-state index in [0.29, 0.717) is 13.2 Å². The molecule has 1 aliphatic heterocycles. The zero-order valence-electron chi connectivity index (χ0n) is 10.0. The number of rotatable bonds is 3. The second-order valence-corrected chi connectivity index (χ2v) is 4.27. The van der Waals surface area contributed by atoms with Gasteiger partial charge in [0, 0.05) is 25.4 Å². The van der Waals surface area contributed by atoms with Crippen LogP contribution in [-0.2, 0) is 20.2 Å². The number of hydrogen-bond donors (Lipinski definition) is 1. The van der Waals surface area contributed by atoms with Crippen molar-refractivity contribution in [3.05, 3.63) is 47.3 Å². The molecule has 0 radical (unpaired) electrons. The number of benzene rings is 1. The van der Waals surface area contributed by atoms with Crippen LogP contribution in [0.3, 0.4) is 0 Å². The molecule has 1 aromatic heterocycles. The predicted molar refractivity (Wildman–Crippen MR) is 65.2 cm³/mol. The molecule has 5 heteroatoms. The summed E-state index contributed by atoms with van der Waals surface area (Å²) in [6.07, 6.45) is 1.88. The van der Waals surface area contributed by atoms with Crippen LogP contribution in [0.1, 0.15) is 21.6 Å². The SMILES string of the molecule is Cn1ccc(COc2ccc3c(c2)CNC3=O)n1. The van der Waals surface area contributed by atoms with Gasteiger partial charge in [0.25, 0.3) is 5.91 Å². The van der Waals surface area contributed by atoms with E-state index in [1.807, 2.05) is 31.4 Å². The van der Waals surface area contributed by atoms with E-state index in [9.17, 15) is 4.79 Å². The monoisotopic (exact) mass is 243 g/mol. The van der Waals surface area contributed by atoms with Crippen LogP contribution in [0.4, 0.5) is 0 Å². The van der Waals surface area contributed by atoms with E-state index in [2.05, 4.69) is 10.4 Å². The van der Waals surface area contributed by atoms with E-state index >= 15 is 0 Å². The summed E-state index contributed by atoms with van der Waals surface area (Å²) in [5.41, 5.74) is 2.60. The minimum Gasteiger partial charge on any atom is -0.487 e. The van der Waals surface area contributed by atoms with Crippen LogP contribution in [0, 0.1) is 0 Å². The molecule has 5 nitrogen and oxygen atoms in total. The van der Waals surface area contributed by atoms with Crippen molar-refractivity contribution < 1.29 is 9.53 Å². The highest BCUT2D eigenvalue weighted by Gasteiger charge is 2.18. The fourth-order valence-electron chi connectivity index (χ4n) is 2.00. The van der Waals surface area contributed by atoms with Gasteiger partial charge in [0.15, 0.2) is 0 Å². The molecule has 0 saturated heterocycles. The van der Waals surface area contributed by atoms with Crippen LogP contribution in [0.25, 0.3) is 0 Å². The van der Waals surface area contributed by atoms with E-state index in [4.69, 9.17) is 4.74 Å². The number of nitrogens with one attached hydrogen (secondary N) is 1. The van der Waals surface area contributed by atoms with Gasteiger partial charge in [-0.25, -0.2) is 0 Å². The number of hydrogen-bond acceptors (Lipinski definition) is 3. The maximum atomic E-state index is 11.4. The van der Waals surface area contributed by atoms with Crippen molar-refractivity contribution >= 4 is 5.91 Å². The molecule has 0 saturated carbocycles. The van der Waals surface area contributed by atoms with Gasteiger partial charge in [-0.15, -0.1) is 0 Å². The molecule has 92 valence electrons. The topological polar surface area (TPSA) is 56.1 Å². The van der Waals surface area contributed by atoms with E-state index < -0.39 is 0 Å². The Hall–Kier alpha value is -2.30. The van der Waals surface area contributed by atoms with Crippen molar-refractivity contribution in [2.75, 3.05) is 0 Å². The third-order valence-electron chi connectivity index (χ3n) is 2.92. The summed E-state index contributed by atoms with van der Waals surface area (Å²) in [6.45, 7) is 1.01. The van der Waals surface area contributed by atoms with Gasteiger partial charge in [-0.1, -0.05) is 0 Å². The number of amides is 1. The van der Waals surface area contributed by atoms with E-state index in [-0.39, 0.29) is 5.91 Å². The molecule has 18 heavy (non-hydrogen) atoms. The number of carbonyl (C=O) groups excluding carboxylic acids is 1. The summed E-state index contributed by atoms with van der Waals surface area (Å²) < 4.78 is 7.39. The molecule has 2 aromatic rings. The van der Waals surface area contributed by atoms with E-state index in [0.717, 1.165) is 22.6 Å². The lowest BCUT2D eigenvalue weighted by atomic mass is 10.1. The third kappa shape index (κ3) is 1.95. The Morgan fingerprint density at radius 3 is 3.11 bits per heavy atom. The van der Waals surface area contributed by atoms with Gasteiger partial charge in [0.1, 0.15) is 12.4 Å². The Morgan fingerprint density at radius 2 is 2.33 bits per heavy atom. The lowest BCUT2D eigenvalue weighted by Gasteiger charge is -2.05. The quantitative estimate of drug-likeness (QED) is 0.882. The van der Waals surface area contributed by atoms with Gasteiger partial charge >= 0.3 is 0 Å². The summed E-state index contributed by atoms with van der Waals surface area (Å²) in [7, 11) is 1.87. The fraction of sp³-hybridized carbons (Fsp3) is 0.231. The highest BCUT2D eigenvalue weighted by atomic mass is 16.5. The first-order valence-corrected chi connectivity index (χ1v) is 5.75. The first-order chi connectivity index (χ1) is 8.72. The third-order valence-corrected chi connectivity index (χ3v) is 2.92. The Bertz CT molecular complexity index is 604. The van der Waals surface area contributed by atoms with Gasteiger partial charge in [-0.3, -0.25) is 9.48 Å². The summed E-state index contributed by atoms with van der Waals surface area (Å²) in [5.74, 6) is 0.747. The Balaban J connectivity index is 1.72. The summed E-state index contributed by atoms with van der Waals surface area (Å²) in [5, 5.41) is 7.01. The number of fused-ring (bicyclic) bond motifs is 1. The van der Waals surface area contributed by atoms with Crippen LogP contribution >= 0.6 is 0 Å². The number of nitrogens with zero attached hydrogens (tertiary/aromatic N) is 2. The molecule has 0 unspecified atom stereocenters. The molecule has 1 amide bonds. The van der Waals surface area contributed by atoms with Gasteiger partial charge in [0.2, 0.25) is 0 Å². The molecular formula is C13H13N3O2. The molecule has 1 aromatic carbocycles. The molecule has 0 bridgehead atoms. The molecule has 0 fully saturated rings. The van der Waals surface area contributed by atoms with Crippen molar-refractivity contribution in [2.45, 2.75) is 13.2 Å². The number of ether oxygens (including phenoxy) is 1. The highest BCUT2D eigenvalue weighted by molar-refractivity contribution is 5.98. The van der Waals surface area contributed by atoms with Crippen molar-refractivity contribution in [3.8, 4) is 5.75 Å². The Labute approximate surface area is 104 Å². The maximum absolute atomic E-state index is 11.4. The lowest BCUT2D eigenvalue weighted by Crippen LogP contribution is -2.12. The lowest BCUT2D eigenvalue weighted by molar-refractivity contribution is 0.0966. The van der Waals surface area contributed by atoms with Crippen LogP contribution in [-0.4, -0.2) is 15.7 Å². The molecular weight excluding hydrogens is 230 g/mol. The average molecular weight is 243 g/mol. The number of carbonyl (C=O) groups is 1. The standard InChI is InChI=1S/C13H13N3O2/c1-16-5-4-10(15-16)8-18-11-2-3-12-9(6-11)7-14-13(12)17/h2-6H,7-8H2,1H3,(H,14,17). The summed E-state index contributed by atoms with van der Waals surface area (Å²) in [4.78, 5) is 11.4. The molecule has 0 spiro atoms. The second kappa shape index (κ2) is 4.18. The van der Waals surface area contributed by atoms with Gasteiger partial charge in [-0.2, -0.15) is 5.10 Å².